The van der Waals surface area contributed by atoms with E-state index in [1.54, 1.807) is 0 Å². The summed E-state index contributed by atoms with van der Waals surface area (Å²) in [6.07, 6.45) is 2.97. The number of fused-ring (bicyclic) bond motifs is 2. The number of rotatable bonds is 5. The number of hydrogen-bond acceptors (Lipinski definition) is 4. The molecule has 0 spiro atoms. The van der Waals surface area contributed by atoms with E-state index in [1.807, 2.05) is 0 Å². The summed E-state index contributed by atoms with van der Waals surface area (Å²) in [5.74, 6) is -0.654. The Labute approximate surface area is 101 Å². The van der Waals surface area contributed by atoms with Crippen LogP contribution < -0.4 is 10.5 Å². The monoisotopic (exact) mass is 262 g/mol. The van der Waals surface area contributed by atoms with Crippen LogP contribution in [0.25, 0.3) is 0 Å². The molecule has 98 valence electrons. The standard InChI is InChI=1S/C10H18N2O4S/c11-17(15,16)4-3-12-9-7-2-1-6(5-7)8(9)10(13)14/h6-9,12H,1-5H2,(H,13,14)(H2,11,15,16). The topological polar surface area (TPSA) is 109 Å². The first-order valence-corrected chi connectivity index (χ1v) is 7.56. The molecule has 7 heteroatoms. The summed E-state index contributed by atoms with van der Waals surface area (Å²) in [4.78, 5) is 11.2. The molecule has 0 aromatic rings. The third-order valence-electron chi connectivity index (χ3n) is 3.97. The summed E-state index contributed by atoms with van der Waals surface area (Å²) < 4.78 is 21.6. The predicted molar refractivity (Wildman–Crippen MR) is 61.7 cm³/mol. The Morgan fingerprint density at radius 1 is 1.35 bits per heavy atom. The number of carboxylic acids is 1. The molecule has 0 aromatic heterocycles. The molecule has 2 aliphatic rings. The van der Waals surface area contributed by atoms with Gasteiger partial charge in [-0.15, -0.1) is 0 Å². The summed E-state index contributed by atoms with van der Waals surface area (Å²) in [6.45, 7) is 0.233. The van der Waals surface area contributed by atoms with Gasteiger partial charge in [0.2, 0.25) is 10.0 Å². The van der Waals surface area contributed by atoms with E-state index in [0.29, 0.717) is 5.92 Å². The highest BCUT2D eigenvalue weighted by atomic mass is 32.2. The fraction of sp³-hybridized carbons (Fsp3) is 0.900. The van der Waals surface area contributed by atoms with Crippen LogP contribution in [-0.2, 0) is 14.8 Å². The highest BCUT2D eigenvalue weighted by Gasteiger charge is 2.50. The van der Waals surface area contributed by atoms with E-state index in [9.17, 15) is 18.3 Å². The Balaban J connectivity index is 1.93. The van der Waals surface area contributed by atoms with Crippen LogP contribution >= 0.6 is 0 Å². The normalized spacial score (nSPS) is 36.3. The SMILES string of the molecule is NS(=O)(=O)CCNC1C2CCC(C2)C1C(=O)O. The molecule has 2 rings (SSSR count). The molecule has 17 heavy (non-hydrogen) atoms. The summed E-state index contributed by atoms with van der Waals surface area (Å²) in [6, 6.07) is -0.0898. The van der Waals surface area contributed by atoms with E-state index in [4.69, 9.17) is 5.14 Å². The van der Waals surface area contributed by atoms with Gasteiger partial charge in [0.25, 0.3) is 0 Å². The molecular weight excluding hydrogens is 244 g/mol. The number of carbonyl (C=O) groups is 1. The molecule has 0 amide bonds. The van der Waals surface area contributed by atoms with Gasteiger partial charge in [0.15, 0.2) is 0 Å². The highest BCUT2D eigenvalue weighted by Crippen LogP contribution is 2.48. The van der Waals surface area contributed by atoms with Crippen molar-refractivity contribution in [1.82, 2.24) is 5.32 Å². The minimum atomic E-state index is -3.48. The molecule has 2 bridgehead atoms. The third kappa shape index (κ3) is 2.78. The lowest BCUT2D eigenvalue weighted by Crippen LogP contribution is -2.46. The maximum absolute atomic E-state index is 11.2. The maximum Gasteiger partial charge on any atom is 0.308 e. The Bertz CT molecular complexity index is 409. The number of sulfonamides is 1. The van der Waals surface area contributed by atoms with Crippen LogP contribution in [0.2, 0.25) is 0 Å². The Hall–Kier alpha value is -0.660. The molecule has 0 radical (unpaired) electrons. The minimum absolute atomic E-state index is 0.0898. The fourth-order valence-electron chi connectivity index (χ4n) is 3.31. The highest BCUT2D eigenvalue weighted by molar-refractivity contribution is 7.89. The zero-order chi connectivity index (χ0) is 12.6. The van der Waals surface area contributed by atoms with Crippen LogP contribution in [0, 0.1) is 17.8 Å². The number of primary sulfonamides is 1. The van der Waals surface area contributed by atoms with Gasteiger partial charge in [-0.25, -0.2) is 13.6 Å². The molecular formula is C10H18N2O4S. The molecule has 2 fully saturated rings. The molecule has 4 unspecified atom stereocenters. The summed E-state index contributed by atoms with van der Waals surface area (Å²) in [7, 11) is -3.48. The molecule has 4 N–H and O–H groups in total. The van der Waals surface area contributed by atoms with Gasteiger partial charge < -0.3 is 10.4 Å². The quantitative estimate of drug-likeness (QED) is 0.611. The number of hydrogen-bond donors (Lipinski definition) is 3. The lowest BCUT2D eigenvalue weighted by molar-refractivity contribution is -0.144. The first kappa shape index (κ1) is 12.8. The third-order valence-corrected chi connectivity index (χ3v) is 4.74. The largest absolute Gasteiger partial charge is 0.481 e. The smallest absolute Gasteiger partial charge is 0.308 e. The minimum Gasteiger partial charge on any atom is -0.481 e. The fourth-order valence-corrected chi connectivity index (χ4v) is 3.71. The summed E-state index contributed by atoms with van der Waals surface area (Å²) >= 11 is 0. The van der Waals surface area contributed by atoms with Crippen molar-refractivity contribution in [3.05, 3.63) is 0 Å². The zero-order valence-corrected chi connectivity index (χ0v) is 10.3. The van der Waals surface area contributed by atoms with Crippen LogP contribution in [-0.4, -0.2) is 37.8 Å². The first-order chi connectivity index (χ1) is 7.88. The van der Waals surface area contributed by atoms with Gasteiger partial charge in [-0.3, -0.25) is 4.79 Å². The van der Waals surface area contributed by atoms with Gasteiger partial charge >= 0.3 is 5.97 Å². The van der Waals surface area contributed by atoms with Crippen molar-refractivity contribution in [2.75, 3.05) is 12.3 Å². The van der Waals surface area contributed by atoms with Crippen LogP contribution in [0.1, 0.15) is 19.3 Å². The summed E-state index contributed by atoms with van der Waals surface area (Å²) in [5, 5.41) is 17.1. The second kappa shape index (κ2) is 4.55. The van der Waals surface area contributed by atoms with E-state index >= 15 is 0 Å². The molecule has 0 aromatic carbocycles. The number of carboxylic acid groups (broad SMARTS) is 1. The molecule has 6 nitrogen and oxygen atoms in total. The van der Waals surface area contributed by atoms with Gasteiger partial charge in [-0.1, -0.05) is 0 Å². The lowest BCUT2D eigenvalue weighted by Gasteiger charge is -2.28. The van der Waals surface area contributed by atoms with Gasteiger partial charge in [0, 0.05) is 12.6 Å². The lowest BCUT2D eigenvalue weighted by atomic mass is 9.84. The van der Waals surface area contributed by atoms with Crippen LogP contribution in [0.5, 0.6) is 0 Å². The zero-order valence-electron chi connectivity index (χ0n) is 9.50. The van der Waals surface area contributed by atoms with Crippen molar-refractivity contribution in [3.8, 4) is 0 Å². The van der Waals surface area contributed by atoms with Crippen molar-refractivity contribution < 1.29 is 18.3 Å². The first-order valence-electron chi connectivity index (χ1n) is 5.85. The Kier molecular flexibility index (Phi) is 3.42. The molecule has 4 atom stereocenters. The Morgan fingerprint density at radius 3 is 2.59 bits per heavy atom. The summed E-state index contributed by atoms with van der Waals surface area (Å²) in [5.41, 5.74) is 0. The molecule has 0 heterocycles. The van der Waals surface area contributed by atoms with Gasteiger partial charge in [-0.2, -0.15) is 0 Å². The second-order valence-corrected chi connectivity index (χ2v) is 6.78. The van der Waals surface area contributed by atoms with Crippen LogP contribution in [0.15, 0.2) is 0 Å². The van der Waals surface area contributed by atoms with Crippen LogP contribution in [0.3, 0.4) is 0 Å². The van der Waals surface area contributed by atoms with E-state index in [0.717, 1.165) is 19.3 Å². The van der Waals surface area contributed by atoms with E-state index in [-0.39, 0.29) is 30.2 Å². The molecule has 2 aliphatic carbocycles. The average Bonchev–Trinajstić information content (AvgIpc) is 2.74. The average molecular weight is 262 g/mol. The molecule has 0 aliphatic heterocycles. The Morgan fingerprint density at radius 2 is 2.00 bits per heavy atom. The number of aliphatic carboxylic acids is 1. The van der Waals surface area contributed by atoms with Crippen molar-refractivity contribution in [1.29, 1.82) is 0 Å². The maximum atomic E-state index is 11.2. The van der Waals surface area contributed by atoms with Crippen LogP contribution in [0.4, 0.5) is 0 Å². The molecule has 2 saturated carbocycles. The molecule has 0 saturated heterocycles. The second-order valence-electron chi connectivity index (χ2n) is 5.04. The van der Waals surface area contributed by atoms with E-state index in [1.165, 1.54) is 0 Å². The van der Waals surface area contributed by atoms with Crippen molar-refractivity contribution in [2.24, 2.45) is 22.9 Å². The van der Waals surface area contributed by atoms with Gasteiger partial charge in [0.1, 0.15) is 0 Å². The predicted octanol–water partition coefficient (Wildman–Crippen LogP) is -0.636. The van der Waals surface area contributed by atoms with E-state index < -0.39 is 16.0 Å². The number of nitrogens with one attached hydrogen (secondary N) is 1. The van der Waals surface area contributed by atoms with Crippen molar-refractivity contribution >= 4 is 16.0 Å². The van der Waals surface area contributed by atoms with E-state index in [2.05, 4.69) is 5.32 Å². The van der Waals surface area contributed by atoms with Gasteiger partial charge in [-0.05, 0) is 31.1 Å². The number of nitrogens with two attached hydrogens (primary N) is 1. The van der Waals surface area contributed by atoms with Gasteiger partial charge in [0.05, 0.1) is 11.7 Å². The van der Waals surface area contributed by atoms with Crippen molar-refractivity contribution in [2.45, 2.75) is 25.3 Å². The van der Waals surface area contributed by atoms with Crippen molar-refractivity contribution in [3.63, 3.8) is 0 Å².